The Morgan fingerprint density at radius 1 is 1.08 bits per heavy atom. The fourth-order valence-corrected chi connectivity index (χ4v) is 9.64. The Balaban J connectivity index is 1.22. The third-order valence-corrected chi connectivity index (χ3v) is 11.2. The van der Waals surface area contributed by atoms with Gasteiger partial charge in [-0.1, -0.05) is 36.4 Å². The molecule has 0 amide bonds. The van der Waals surface area contributed by atoms with Crippen LogP contribution in [-0.2, 0) is 27.9 Å². The maximum Gasteiger partial charge on any atom is 0.165 e. The molecule has 36 heavy (non-hydrogen) atoms. The van der Waals surface area contributed by atoms with Gasteiger partial charge in [-0.2, -0.15) is 0 Å². The molecule has 5 heteroatoms. The van der Waals surface area contributed by atoms with Crippen LogP contribution in [0.5, 0.6) is 11.5 Å². The summed E-state index contributed by atoms with van der Waals surface area (Å²) >= 11 is 0. The molecule has 7 aliphatic rings. The summed E-state index contributed by atoms with van der Waals surface area (Å²) in [5, 5.41) is 11.0. The summed E-state index contributed by atoms with van der Waals surface area (Å²) in [6.45, 7) is 3.69. The van der Waals surface area contributed by atoms with Crippen molar-refractivity contribution in [3.05, 3.63) is 59.2 Å². The lowest BCUT2D eigenvalue weighted by molar-refractivity contribution is -0.283. The Kier molecular flexibility index (Phi) is 4.57. The van der Waals surface area contributed by atoms with Gasteiger partial charge in [-0.05, 0) is 74.6 Å². The van der Waals surface area contributed by atoms with Crippen LogP contribution in [0.2, 0.25) is 0 Å². The van der Waals surface area contributed by atoms with Crippen LogP contribution in [0.25, 0.3) is 0 Å². The predicted molar refractivity (Wildman–Crippen MR) is 136 cm³/mol. The standard InChI is InChI=1S/C31H37NO4/c1-34-31-12-11-29(16-23(31)19-35-18-21-5-3-2-4-6-21)25-15-22-9-10-24(33)27-26(22)30(29,28(31)36-27)13-14-32(25)17-20-7-8-20/h2-6,9-10,20,23,25,28,33H,7-8,11-19H2,1H3/t23-,25+,28?,29+,30-,31+/m0/s1. The van der Waals surface area contributed by atoms with Crippen LogP contribution >= 0.6 is 0 Å². The van der Waals surface area contributed by atoms with Gasteiger partial charge < -0.3 is 19.3 Å². The van der Waals surface area contributed by atoms with E-state index in [9.17, 15) is 5.11 Å². The Bertz CT molecular complexity index is 1200. The first-order valence-corrected chi connectivity index (χ1v) is 14.0. The summed E-state index contributed by atoms with van der Waals surface area (Å²) in [7, 11) is 1.88. The first kappa shape index (κ1) is 22.0. The van der Waals surface area contributed by atoms with Crippen LogP contribution < -0.4 is 4.74 Å². The highest BCUT2D eigenvalue weighted by molar-refractivity contribution is 5.63. The number of piperidine rings is 1. The number of fused-ring (bicyclic) bond motifs is 2. The van der Waals surface area contributed by atoms with Crippen molar-refractivity contribution in [1.29, 1.82) is 0 Å². The monoisotopic (exact) mass is 487 g/mol. The molecule has 4 bridgehead atoms. The molecule has 2 aromatic carbocycles. The number of ether oxygens (including phenoxy) is 3. The van der Waals surface area contributed by atoms with E-state index in [0.29, 0.717) is 25.0 Å². The molecule has 6 atom stereocenters. The maximum absolute atomic E-state index is 11.0. The summed E-state index contributed by atoms with van der Waals surface area (Å²) in [6, 6.07) is 15.1. The third-order valence-electron chi connectivity index (χ3n) is 11.2. The lowest BCUT2D eigenvalue weighted by Crippen LogP contribution is -2.81. The quantitative estimate of drug-likeness (QED) is 0.606. The number of methoxy groups -OCH3 is 1. The summed E-state index contributed by atoms with van der Waals surface area (Å²) in [6.07, 6.45) is 8.21. The Labute approximate surface area is 213 Å². The van der Waals surface area contributed by atoms with E-state index in [-0.39, 0.29) is 28.5 Å². The first-order valence-electron chi connectivity index (χ1n) is 14.0. The fourth-order valence-electron chi connectivity index (χ4n) is 9.64. The molecule has 0 aromatic heterocycles. The number of phenolic OH excluding ortho intramolecular Hbond substituents is 1. The molecule has 1 N–H and O–H groups in total. The minimum atomic E-state index is -0.387. The molecular weight excluding hydrogens is 450 g/mol. The molecule has 0 radical (unpaired) electrons. The highest BCUT2D eigenvalue weighted by atomic mass is 16.6. The molecule has 9 rings (SSSR count). The van der Waals surface area contributed by atoms with E-state index in [1.165, 1.54) is 42.5 Å². The fraction of sp³-hybridized carbons (Fsp3) is 0.613. The van der Waals surface area contributed by atoms with Crippen molar-refractivity contribution in [3.8, 4) is 11.5 Å². The highest BCUT2D eigenvalue weighted by Gasteiger charge is 2.80. The second-order valence-electron chi connectivity index (χ2n) is 12.5. The lowest BCUT2D eigenvalue weighted by atomic mass is 9.35. The van der Waals surface area contributed by atoms with E-state index < -0.39 is 0 Å². The van der Waals surface area contributed by atoms with Crippen LogP contribution in [0.3, 0.4) is 0 Å². The minimum Gasteiger partial charge on any atom is -0.504 e. The van der Waals surface area contributed by atoms with E-state index in [2.05, 4.69) is 41.3 Å². The molecule has 1 saturated heterocycles. The molecule has 2 aromatic rings. The zero-order chi connectivity index (χ0) is 24.1. The van der Waals surface area contributed by atoms with Gasteiger partial charge >= 0.3 is 0 Å². The van der Waals surface area contributed by atoms with Gasteiger partial charge in [0.25, 0.3) is 0 Å². The zero-order valence-corrected chi connectivity index (χ0v) is 21.2. The topological polar surface area (TPSA) is 51.2 Å². The van der Waals surface area contributed by atoms with Crippen LogP contribution in [0.15, 0.2) is 42.5 Å². The van der Waals surface area contributed by atoms with Crippen molar-refractivity contribution in [2.24, 2.45) is 17.3 Å². The Morgan fingerprint density at radius 2 is 1.94 bits per heavy atom. The molecule has 5 fully saturated rings. The number of hydrogen-bond donors (Lipinski definition) is 1. The van der Waals surface area contributed by atoms with Crippen molar-refractivity contribution in [3.63, 3.8) is 0 Å². The predicted octanol–water partition coefficient (Wildman–Crippen LogP) is 4.83. The van der Waals surface area contributed by atoms with Gasteiger partial charge in [0.2, 0.25) is 0 Å². The average Bonchev–Trinajstić information content (AvgIpc) is 3.64. The van der Waals surface area contributed by atoms with Crippen molar-refractivity contribution >= 4 is 0 Å². The molecule has 2 heterocycles. The van der Waals surface area contributed by atoms with E-state index in [1.54, 1.807) is 0 Å². The number of benzene rings is 2. The van der Waals surface area contributed by atoms with Crippen molar-refractivity contribution in [2.45, 2.75) is 74.7 Å². The minimum absolute atomic E-state index is 0.0595. The van der Waals surface area contributed by atoms with Gasteiger partial charge in [-0.25, -0.2) is 0 Å². The molecule has 4 saturated carbocycles. The van der Waals surface area contributed by atoms with Crippen LogP contribution in [0.1, 0.15) is 55.2 Å². The third kappa shape index (κ3) is 2.62. The SMILES string of the molecule is CO[C@]12CC[C@@]3(C[C@H]1COCc1ccccc1)[C@H]1Cc4ccc(O)c5c4[C@@]3(CCN1CC1CC1)C2O5. The van der Waals surface area contributed by atoms with Crippen molar-refractivity contribution in [2.75, 3.05) is 26.8 Å². The van der Waals surface area contributed by atoms with Gasteiger partial charge in [0, 0.05) is 42.0 Å². The summed E-state index contributed by atoms with van der Waals surface area (Å²) in [4.78, 5) is 2.86. The second-order valence-corrected chi connectivity index (χ2v) is 12.5. The van der Waals surface area contributed by atoms with E-state index in [1.807, 2.05) is 13.2 Å². The van der Waals surface area contributed by atoms with Gasteiger partial charge in [0.15, 0.2) is 11.5 Å². The van der Waals surface area contributed by atoms with Crippen LogP contribution in [0, 0.1) is 17.3 Å². The Morgan fingerprint density at radius 3 is 2.75 bits per heavy atom. The number of hydrogen-bond acceptors (Lipinski definition) is 5. The number of nitrogens with zero attached hydrogens (tertiary/aromatic N) is 1. The molecular formula is C31H37NO4. The smallest absolute Gasteiger partial charge is 0.165 e. The van der Waals surface area contributed by atoms with E-state index >= 15 is 0 Å². The molecule has 190 valence electrons. The van der Waals surface area contributed by atoms with Crippen LogP contribution in [0.4, 0.5) is 0 Å². The molecule has 2 spiro atoms. The zero-order valence-electron chi connectivity index (χ0n) is 21.2. The van der Waals surface area contributed by atoms with E-state index in [0.717, 1.165) is 43.9 Å². The average molecular weight is 488 g/mol. The van der Waals surface area contributed by atoms with Gasteiger partial charge in [-0.15, -0.1) is 0 Å². The number of likely N-dealkylation sites (tertiary alicyclic amines) is 1. The van der Waals surface area contributed by atoms with Gasteiger partial charge in [-0.3, -0.25) is 4.90 Å². The Hall–Kier alpha value is -2.08. The number of rotatable bonds is 7. The van der Waals surface area contributed by atoms with Crippen LogP contribution in [-0.4, -0.2) is 54.6 Å². The van der Waals surface area contributed by atoms with Crippen molar-refractivity contribution < 1.29 is 19.3 Å². The molecule has 2 aliphatic heterocycles. The lowest BCUT2D eigenvalue weighted by Gasteiger charge is -2.74. The van der Waals surface area contributed by atoms with Gasteiger partial charge in [0.1, 0.15) is 11.7 Å². The highest BCUT2D eigenvalue weighted by Crippen LogP contribution is 2.76. The maximum atomic E-state index is 11.0. The normalized spacial score (nSPS) is 39.6. The van der Waals surface area contributed by atoms with Gasteiger partial charge in [0.05, 0.1) is 13.2 Å². The second kappa shape index (κ2) is 7.49. The molecule has 5 nitrogen and oxygen atoms in total. The van der Waals surface area contributed by atoms with Crippen molar-refractivity contribution in [1.82, 2.24) is 4.90 Å². The van der Waals surface area contributed by atoms with E-state index in [4.69, 9.17) is 14.2 Å². The first-order chi connectivity index (χ1) is 17.6. The summed E-state index contributed by atoms with van der Waals surface area (Å²) < 4.78 is 19.9. The molecule has 1 unspecified atom stereocenters. The number of aromatic hydroxyl groups is 1. The summed E-state index contributed by atoms with van der Waals surface area (Å²) in [5.74, 6) is 2.22. The summed E-state index contributed by atoms with van der Waals surface area (Å²) in [5.41, 5.74) is 3.64. The molecule has 5 aliphatic carbocycles. The number of phenols is 1. The largest absolute Gasteiger partial charge is 0.504 e.